The number of hydrogen-bond donors (Lipinski definition) is 3. The second-order valence-electron chi connectivity index (χ2n) is 5.95. The van der Waals surface area contributed by atoms with Crippen LogP contribution in [0.1, 0.15) is 36.8 Å². The van der Waals surface area contributed by atoms with E-state index < -0.39 is 11.5 Å². The first kappa shape index (κ1) is 18.2. The van der Waals surface area contributed by atoms with E-state index in [0.29, 0.717) is 6.54 Å². The Bertz CT molecular complexity index is 772. The van der Waals surface area contributed by atoms with Gasteiger partial charge in [-0.2, -0.15) is 0 Å². The number of pyridine rings is 1. The van der Waals surface area contributed by atoms with Gasteiger partial charge in [-0.25, -0.2) is 14.8 Å². The minimum absolute atomic E-state index is 0.00184. The van der Waals surface area contributed by atoms with Gasteiger partial charge in [0.1, 0.15) is 11.2 Å². The normalized spacial score (nSPS) is 21.4. The second kappa shape index (κ2) is 7.20. The van der Waals surface area contributed by atoms with E-state index in [2.05, 4.69) is 25.6 Å². The van der Waals surface area contributed by atoms with Crippen molar-refractivity contribution in [2.75, 3.05) is 6.54 Å². The fourth-order valence-electron chi connectivity index (χ4n) is 2.11. The molecule has 2 aliphatic heterocycles. The van der Waals surface area contributed by atoms with Crippen molar-refractivity contribution in [3.63, 3.8) is 0 Å². The number of nitrogens with zero attached hydrogens (tertiary/aromatic N) is 3. The van der Waals surface area contributed by atoms with E-state index in [1.807, 2.05) is 13.8 Å². The summed E-state index contributed by atoms with van der Waals surface area (Å²) in [6.07, 6.45) is 2.88. The summed E-state index contributed by atoms with van der Waals surface area (Å²) >= 11 is 0. The molecule has 0 saturated carbocycles. The number of rotatable bonds is 3. The summed E-state index contributed by atoms with van der Waals surface area (Å²) < 4.78 is 0. The van der Waals surface area contributed by atoms with Crippen LogP contribution in [0.25, 0.3) is 0 Å². The lowest BCUT2D eigenvalue weighted by Crippen LogP contribution is -2.41. The van der Waals surface area contributed by atoms with Gasteiger partial charge < -0.3 is 15.7 Å². The third kappa shape index (κ3) is 3.87. The third-order valence-electron chi connectivity index (χ3n) is 3.98. The van der Waals surface area contributed by atoms with E-state index >= 15 is 0 Å². The SMILES string of the molecule is CC(C)C1(C)N=C(c2ncccc2C(=O)O)NC1=O.O=C1CNC=N1. The molecule has 1 aromatic heterocycles. The zero-order chi connectivity index (χ0) is 18.6. The number of aliphatic imine (C=N–C) groups is 2. The molecule has 9 nitrogen and oxygen atoms in total. The molecule has 2 aliphatic rings. The lowest BCUT2D eigenvalue weighted by Gasteiger charge is -2.21. The zero-order valence-corrected chi connectivity index (χ0v) is 14.1. The highest BCUT2D eigenvalue weighted by Gasteiger charge is 2.42. The van der Waals surface area contributed by atoms with Crippen molar-refractivity contribution in [2.45, 2.75) is 26.3 Å². The minimum atomic E-state index is -1.10. The van der Waals surface area contributed by atoms with Crippen molar-refractivity contribution in [1.82, 2.24) is 15.6 Å². The first-order valence-corrected chi connectivity index (χ1v) is 7.64. The van der Waals surface area contributed by atoms with Gasteiger partial charge in [-0.3, -0.25) is 14.6 Å². The fourth-order valence-corrected chi connectivity index (χ4v) is 2.11. The van der Waals surface area contributed by atoms with Crippen LogP contribution in [0.2, 0.25) is 0 Å². The molecule has 0 spiro atoms. The van der Waals surface area contributed by atoms with E-state index in [-0.39, 0.29) is 34.8 Å². The van der Waals surface area contributed by atoms with Crippen LogP contribution in [0, 0.1) is 5.92 Å². The van der Waals surface area contributed by atoms with Crippen LogP contribution in [-0.2, 0) is 9.59 Å². The highest BCUT2D eigenvalue weighted by Crippen LogP contribution is 2.27. The Morgan fingerprint density at radius 2 is 2.08 bits per heavy atom. The molecule has 0 aliphatic carbocycles. The Morgan fingerprint density at radius 1 is 1.36 bits per heavy atom. The maximum Gasteiger partial charge on any atom is 0.338 e. The largest absolute Gasteiger partial charge is 0.478 e. The summed E-state index contributed by atoms with van der Waals surface area (Å²) in [4.78, 5) is 44.9. The highest BCUT2D eigenvalue weighted by molar-refractivity contribution is 6.17. The number of nitrogens with one attached hydrogen (secondary N) is 2. The lowest BCUT2D eigenvalue weighted by atomic mass is 9.89. The molecule has 1 atom stereocenters. The van der Waals surface area contributed by atoms with E-state index in [9.17, 15) is 14.4 Å². The first-order valence-electron chi connectivity index (χ1n) is 7.64. The summed E-state index contributed by atoms with van der Waals surface area (Å²) in [5.41, 5.74) is -0.676. The number of hydrogen-bond acceptors (Lipinski definition) is 6. The minimum Gasteiger partial charge on any atom is -0.478 e. The van der Waals surface area contributed by atoms with E-state index in [4.69, 9.17) is 5.11 Å². The van der Waals surface area contributed by atoms with Gasteiger partial charge in [-0.1, -0.05) is 13.8 Å². The Balaban J connectivity index is 0.000000316. The molecule has 25 heavy (non-hydrogen) atoms. The Hall–Kier alpha value is -3.10. The second-order valence-corrected chi connectivity index (χ2v) is 5.95. The molecule has 0 saturated heterocycles. The van der Waals surface area contributed by atoms with Crippen molar-refractivity contribution in [3.8, 4) is 0 Å². The van der Waals surface area contributed by atoms with Gasteiger partial charge in [0.25, 0.3) is 11.8 Å². The van der Waals surface area contributed by atoms with Crippen LogP contribution < -0.4 is 10.6 Å². The Kier molecular flexibility index (Phi) is 5.26. The number of carbonyl (C=O) groups excluding carboxylic acids is 2. The number of aromatic nitrogens is 1. The van der Waals surface area contributed by atoms with E-state index in [0.717, 1.165) is 0 Å². The van der Waals surface area contributed by atoms with Crippen molar-refractivity contribution in [2.24, 2.45) is 15.9 Å². The Morgan fingerprint density at radius 3 is 2.52 bits per heavy atom. The molecule has 3 heterocycles. The number of carboxylic acid groups (broad SMARTS) is 1. The third-order valence-corrected chi connectivity index (χ3v) is 3.98. The molecule has 1 aromatic rings. The van der Waals surface area contributed by atoms with E-state index in [1.54, 1.807) is 6.92 Å². The van der Waals surface area contributed by atoms with Crippen LogP contribution in [0.4, 0.5) is 0 Å². The highest BCUT2D eigenvalue weighted by atomic mass is 16.4. The molecule has 3 rings (SSSR count). The topological polar surface area (TPSA) is 133 Å². The molecule has 0 bridgehead atoms. The van der Waals surface area contributed by atoms with Crippen LogP contribution in [0.5, 0.6) is 0 Å². The molecule has 1 unspecified atom stereocenters. The number of carboxylic acids is 1. The first-order chi connectivity index (χ1) is 11.8. The monoisotopic (exact) mass is 345 g/mol. The quantitative estimate of drug-likeness (QED) is 0.717. The maximum absolute atomic E-state index is 12.0. The molecule has 9 heteroatoms. The van der Waals surface area contributed by atoms with Crippen molar-refractivity contribution in [3.05, 3.63) is 29.6 Å². The molecular formula is C16H19N5O4. The molecule has 0 radical (unpaired) electrons. The number of aromatic carboxylic acids is 1. The summed E-state index contributed by atoms with van der Waals surface area (Å²) in [7, 11) is 0. The number of amides is 2. The van der Waals surface area contributed by atoms with Crippen LogP contribution >= 0.6 is 0 Å². The van der Waals surface area contributed by atoms with Gasteiger partial charge >= 0.3 is 5.97 Å². The molecular weight excluding hydrogens is 326 g/mol. The molecule has 3 N–H and O–H groups in total. The summed E-state index contributed by atoms with van der Waals surface area (Å²) in [5, 5.41) is 14.4. The number of amidine groups is 1. The van der Waals surface area contributed by atoms with Gasteiger partial charge in [-0.05, 0) is 25.0 Å². The van der Waals surface area contributed by atoms with Gasteiger partial charge in [0.15, 0.2) is 5.84 Å². The van der Waals surface area contributed by atoms with Crippen molar-refractivity contribution >= 4 is 30.0 Å². The predicted octanol–water partition coefficient (Wildman–Crippen LogP) is 0.215. The summed E-state index contributed by atoms with van der Waals surface area (Å²) in [6.45, 7) is 5.88. The van der Waals surface area contributed by atoms with Crippen molar-refractivity contribution < 1.29 is 19.5 Å². The van der Waals surface area contributed by atoms with Crippen LogP contribution in [0.3, 0.4) is 0 Å². The average Bonchev–Trinajstić information content (AvgIpc) is 3.16. The zero-order valence-electron chi connectivity index (χ0n) is 14.1. The van der Waals surface area contributed by atoms with Gasteiger partial charge in [0.05, 0.1) is 18.4 Å². The smallest absolute Gasteiger partial charge is 0.338 e. The molecule has 0 fully saturated rings. The van der Waals surface area contributed by atoms with Crippen LogP contribution in [-0.4, -0.2) is 52.1 Å². The summed E-state index contributed by atoms with van der Waals surface area (Å²) in [6, 6.07) is 2.97. The lowest BCUT2D eigenvalue weighted by molar-refractivity contribution is -0.124. The average molecular weight is 345 g/mol. The maximum atomic E-state index is 12.0. The standard InChI is InChI=1S/C13H15N3O3.C3H4N2O/c1-7(2)13(3)12(19)15-10(16-13)9-8(11(17)18)5-4-6-14-9;6-3-1-4-2-5-3/h4-7H,1-3H3,(H,17,18)(H,15,16,19);2H,1H2,(H,4,5,6). The Labute approximate surface area is 144 Å². The molecule has 132 valence electrons. The van der Waals surface area contributed by atoms with Gasteiger partial charge in [-0.15, -0.1) is 0 Å². The van der Waals surface area contributed by atoms with E-state index in [1.165, 1.54) is 24.7 Å². The summed E-state index contributed by atoms with van der Waals surface area (Å²) in [5.74, 6) is -1.20. The molecule has 0 aromatic carbocycles. The van der Waals surface area contributed by atoms with Gasteiger partial charge in [0, 0.05) is 6.20 Å². The number of carbonyl (C=O) groups is 3. The van der Waals surface area contributed by atoms with Crippen molar-refractivity contribution in [1.29, 1.82) is 0 Å². The van der Waals surface area contributed by atoms with Crippen LogP contribution in [0.15, 0.2) is 28.3 Å². The van der Waals surface area contributed by atoms with Gasteiger partial charge in [0.2, 0.25) is 0 Å². The molecule has 2 amide bonds. The fraction of sp³-hybridized carbons (Fsp3) is 0.375. The predicted molar refractivity (Wildman–Crippen MR) is 90.6 cm³/mol.